The summed E-state index contributed by atoms with van der Waals surface area (Å²) in [6.07, 6.45) is 9.19. The summed E-state index contributed by atoms with van der Waals surface area (Å²) in [4.78, 5) is 11.9. The second kappa shape index (κ2) is 14.7. The van der Waals surface area contributed by atoms with Crippen molar-refractivity contribution < 1.29 is 39.8 Å². The molecule has 0 spiro atoms. The summed E-state index contributed by atoms with van der Waals surface area (Å²) in [6.45, 7) is 2.76. The number of rotatable bonds is 18. The first-order chi connectivity index (χ1) is 14.8. The Morgan fingerprint density at radius 1 is 0.903 bits per heavy atom. The number of hydrogen-bond donors (Lipinski definition) is 5. The zero-order valence-corrected chi connectivity index (χ0v) is 19.1. The number of aliphatic hydroxyl groups excluding tert-OH is 5. The first-order valence-corrected chi connectivity index (χ1v) is 11.8. The summed E-state index contributed by atoms with van der Waals surface area (Å²) in [5.74, 6) is -2.42. The van der Waals surface area contributed by atoms with Crippen LogP contribution in [0.15, 0.2) is 11.5 Å². The molecule has 0 saturated heterocycles. The molecule has 0 aromatic heterocycles. The maximum Gasteiger partial charge on any atom is 0.378 e. The van der Waals surface area contributed by atoms with Crippen molar-refractivity contribution in [2.75, 3.05) is 6.61 Å². The summed E-state index contributed by atoms with van der Waals surface area (Å²) < 4.78 is 10.4. The van der Waals surface area contributed by atoms with E-state index in [2.05, 4.69) is 6.92 Å². The Labute approximate surface area is 185 Å². The van der Waals surface area contributed by atoms with Crippen molar-refractivity contribution in [1.29, 1.82) is 0 Å². The van der Waals surface area contributed by atoms with Crippen LogP contribution in [0.5, 0.6) is 0 Å². The van der Waals surface area contributed by atoms with Gasteiger partial charge in [0.2, 0.25) is 17.7 Å². The van der Waals surface area contributed by atoms with Gasteiger partial charge >= 0.3 is 5.97 Å². The summed E-state index contributed by atoms with van der Waals surface area (Å²) >= 11 is 0. The van der Waals surface area contributed by atoms with Gasteiger partial charge in [-0.15, -0.1) is 0 Å². The van der Waals surface area contributed by atoms with Crippen molar-refractivity contribution in [1.82, 2.24) is 0 Å². The lowest BCUT2D eigenvalue weighted by Gasteiger charge is -2.34. The summed E-state index contributed by atoms with van der Waals surface area (Å²) in [6, 6.07) is 0. The van der Waals surface area contributed by atoms with E-state index in [0.717, 1.165) is 19.3 Å². The minimum absolute atomic E-state index is 0.115. The number of carbonyl (C=O) groups excluding carboxylic acids is 1. The van der Waals surface area contributed by atoms with Crippen molar-refractivity contribution in [2.45, 2.75) is 121 Å². The van der Waals surface area contributed by atoms with Crippen LogP contribution in [-0.4, -0.2) is 62.2 Å². The number of unbranched alkanes of at least 4 members (excludes halogenated alkanes) is 11. The highest BCUT2D eigenvalue weighted by Crippen LogP contribution is 2.40. The van der Waals surface area contributed by atoms with Gasteiger partial charge in [-0.3, -0.25) is 0 Å². The molecule has 1 aliphatic heterocycles. The van der Waals surface area contributed by atoms with Gasteiger partial charge in [0.15, 0.2) is 5.76 Å². The SMILES string of the molecule is CCCCCCCCCCCCCC[C@]1([C@@H](O)CO)OC(=O)C(O)=C1OC(O)C(C)O. The number of hydrogen-bond acceptors (Lipinski definition) is 8. The van der Waals surface area contributed by atoms with Gasteiger partial charge in [0.1, 0.15) is 12.2 Å². The number of ether oxygens (including phenoxy) is 2. The molecule has 182 valence electrons. The molecule has 0 amide bonds. The van der Waals surface area contributed by atoms with E-state index in [9.17, 15) is 30.3 Å². The fourth-order valence-electron chi connectivity index (χ4n) is 3.85. The Bertz CT molecular complexity index is 548. The molecule has 0 saturated carbocycles. The van der Waals surface area contributed by atoms with Crippen LogP contribution >= 0.6 is 0 Å². The van der Waals surface area contributed by atoms with Crippen LogP contribution in [0.4, 0.5) is 0 Å². The Balaban J connectivity index is 2.48. The lowest BCUT2D eigenvalue weighted by atomic mass is 9.88. The highest BCUT2D eigenvalue weighted by molar-refractivity contribution is 5.90. The van der Waals surface area contributed by atoms with Crippen molar-refractivity contribution in [3.05, 3.63) is 11.5 Å². The van der Waals surface area contributed by atoms with Gasteiger partial charge in [-0.1, -0.05) is 77.6 Å². The third-order valence-corrected chi connectivity index (χ3v) is 5.83. The Morgan fingerprint density at radius 3 is 1.84 bits per heavy atom. The lowest BCUT2D eigenvalue weighted by molar-refractivity contribution is -0.184. The monoisotopic (exact) mass is 446 g/mol. The van der Waals surface area contributed by atoms with Gasteiger partial charge in [0, 0.05) is 0 Å². The quantitative estimate of drug-likeness (QED) is 0.123. The molecule has 1 heterocycles. The highest BCUT2D eigenvalue weighted by Gasteiger charge is 2.55. The van der Waals surface area contributed by atoms with Gasteiger partial charge < -0.3 is 35.0 Å². The zero-order valence-electron chi connectivity index (χ0n) is 19.1. The van der Waals surface area contributed by atoms with Gasteiger partial charge in [0.05, 0.1) is 6.61 Å². The predicted molar refractivity (Wildman–Crippen MR) is 116 cm³/mol. The molecule has 8 heteroatoms. The van der Waals surface area contributed by atoms with Gasteiger partial charge in [-0.2, -0.15) is 0 Å². The van der Waals surface area contributed by atoms with E-state index < -0.39 is 48.2 Å². The molecule has 1 rings (SSSR count). The molecule has 4 atom stereocenters. The second-order valence-corrected chi connectivity index (χ2v) is 8.54. The minimum Gasteiger partial charge on any atom is -0.499 e. The van der Waals surface area contributed by atoms with Crippen LogP contribution in [0.3, 0.4) is 0 Å². The summed E-state index contributed by atoms with van der Waals surface area (Å²) in [5.41, 5.74) is -1.79. The molecule has 0 fully saturated rings. The Hall–Kier alpha value is -1.35. The van der Waals surface area contributed by atoms with E-state index in [1.807, 2.05) is 0 Å². The maximum absolute atomic E-state index is 11.9. The second-order valence-electron chi connectivity index (χ2n) is 8.54. The topological polar surface area (TPSA) is 137 Å². The molecular weight excluding hydrogens is 404 g/mol. The molecule has 0 aromatic rings. The Morgan fingerprint density at radius 2 is 1.39 bits per heavy atom. The largest absolute Gasteiger partial charge is 0.499 e. The van der Waals surface area contributed by atoms with E-state index in [4.69, 9.17) is 9.47 Å². The first-order valence-electron chi connectivity index (χ1n) is 11.8. The average molecular weight is 447 g/mol. The molecule has 0 bridgehead atoms. The molecule has 0 radical (unpaired) electrons. The van der Waals surface area contributed by atoms with Gasteiger partial charge in [-0.25, -0.2) is 4.79 Å². The van der Waals surface area contributed by atoms with Gasteiger partial charge in [0.25, 0.3) is 0 Å². The van der Waals surface area contributed by atoms with E-state index in [1.54, 1.807) is 0 Å². The van der Waals surface area contributed by atoms with Crippen molar-refractivity contribution in [3.63, 3.8) is 0 Å². The molecule has 0 aliphatic carbocycles. The van der Waals surface area contributed by atoms with Crippen molar-refractivity contribution >= 4 is 5.97 Å². The van der Waals surface area contributed by atoms with E-state index in [1.165, 1.54) is 58.3 Å². The fraction of sp³-hybridized carbons (Fsp3) is 0.870. The number of esters is 1. The summed E-state index contributed by atoms with van der Waals surface area (Å²) in [5, 5.41) is 49.2. The molecule has 2 unspecified atom stereocenters. The molecule has 8 nitrogen and oxygen atoms in total. The lowest BCUT2D eigenvalue weighted by Crippen LogP contribution is -2.48. The first kappa shape index (κ1) is 27.7. The molecule has 5 N–H and O–H groups in total. The van der Waals surface area contributed by atoms with Crippen molar-refractivity contribution in [3.8, 4) is 0 Å². The third kappa shape index (κ3) is 8.60. The van der Waals surface area contributed by atoms with Crippen LogP contribution in [0.2, 0.25) is 0 Å². The standard InChI is InChI=1S/C23H42O8/c1-3-4-5-6-7-8-9-10-11-12-13-14-15-23(18(26)16-24)20(19(27)22(29)31-23)30-21(28)17(2)25/h17-18,21,24-28H,3-16H2,1-2H3/t17?,18-,21?,23+/m0/s1. The Kier molecular flexibility index (Phi) is 13.1. The van der Waals surface area contributed by atoms with Crippen molar-refractivity contribution in [2.24, 2.45) is 0 Å². The molecule has 1 aliphatic rings. The average Bonchev–Trinajstić information content (AvgIpc) is 2.99. The molecule has 0 aromatic carbocycles. The van der Waals surface area contributed by atoms with Crippen LogP contribution in [0.1, 0.15) is 97.3 Å². The maximum atomic E-state index is 11.9. The normalized spacial score (nSPS) is 21.8. The van der Waals surface area contributed by atoms with E-state index in [-0.39, 0.29) is 6.42 Å². The smallest absolute Gasteiger partial charge is 0.378 e. The van der Waals surface area contributed by atoms with Gasteiger partial charge in [-0.05, 0) is 19.8 Å². The van der Waals surface area contributed by atoms with Crippen LogP contribution in [0.25, 0.3) is 0 Å². The predicted octanol–water partition coefficient (Wildman–Crippen LogP) is 3.21. The number of carbonyl (C=O) groups is 1. The number of aliphatic hydroxyl groups is 5. The molecule has 31 heavy (non-hydrogen) atoms. The van der Waals surface area contributed by atoms with Crippen LogP contribution < -0.4 is 0 Å². The highest BCUT2D eigenvalue weighted by atomic mass is 16.7. The van der Waals surface area contributed by atoms with Crippen LogP contribution in [0, 0.1) is 0 Å². The van der Waals surface area contributed by atoms with E-state index >= 15 is 0 Å². The fourth-order valence-corrected chi connectivity index (χ4v) is 3.85. The van der Waals surface area contributed by atoms with E-state index in [0.29, 0.717) is 6.42 Å². The number of cyclic esters (lactones) is 1. The summed E-state index contributed by atoms with van der Waals surface area (Å²) in [7, 11) is 0. The molecular formula is C23H42O8. The zero-order chi connectivity index (χ0) is 23.3. The van der Waals surface area contributed by atoms with Crippen LogP contribution in [-0.2, 0) is 14.3 Å². The minimum atomic E-state index is -1.79. The third-order valence-electron chi connectivity index (χ3n) is 5.83.